The molecule has 0 bridgehead atoms. The number of benzene rings is 24. The molecular weight excluding hydrogens is 1220 g/mol. The van der Waals surface area contributed by atoms with E-state index in [0.29, 0.717) is 5.56 Å². The maximum Gasteiger partial charge on any atom is 0.336 e. The average Bonchev–Trinajstić information content (AvgIpc) is 0.746. The first-order valence-electron chi connectivity index (χ1n) is 34.9. The molecule has 1 N–H and O–H groups in total. The van der Waals surface area contributed by atoms with Gasteiger partial charge in [-0.15, -0.1) is 0 Å². The van der Waals surface area contributed by atoms with Gasteiger partial charge in [-0.1, -0.05) is 48.5 Å². The van der Waals surface area contributed by atoms with Crippen molar-refractivity contribution in [2.45, 2.75) is 0 Å². The van der Waals surface area contributed by atoms with Gasteiger partial charge in [-0.3, -0.25) is 0 Å². The summed E-state index contributed by atoms with van der Waals surface area (Å²) in [7, 11) is 0. The van der Waals surface area contributed by atoms with Gasteiger partial charge < -0.3 is 5.11 Å². The van der Waals surface area contributed by atoms with Gasteiger partial charge in [-0.05, 0) is 509 Å². The van der Waals surface area contributed by atoms with E-state index in [0.717, 1.165) is 64.6 Å². The Morgan fingerprint density at radius 1 is 0.139 bits per heavy atom. The van der Waals surface area contributed by atoms with Crippen LogP contribution in [0.3, 0.4) is 0 Å². The molecule has 2 heteroatoms. The fraction of sp³-hybridized carbons (Fsp3) is 0. The highest BCUT2D eigenvalue weighted by Crippen LogP contribution is 2.43. The van der Waals surface area contributed by atoms with Crippen LogP contribution in [0.4, 0.5) is 0 Å². The quantitative estimate of drug-likeness (QED) is 0.166. The summed E-state index contributed by atoms with van der Waals surface area (Å²) in [5, 5.41) is 65.2. The van der Waals surface area contributed by atoms with Crippen LogP contribution in [0.1, 0.15) is 10.4 Å². The van der Waals surface area contributed by atoms with Gasteiger partial charge in [0.25, 0.3) is 0 Å². The fourth-order valence-electron chi connectivity index (χ4n) is 18.0. The lowest BCUT2D eigenvalue weighted by atomic mass is 9.90. The van der Waals surface area contributed by atoms with Crippen molar-refractivity contribution < 1.29 is 9.90 Å². The fourth-order valence-corrected chi connectivity index (χ4v) is 18.0. The van der Waals surface area contributed by atoms with Gasteiger partial charge in [0.15, 0.2) is 0 Å². The first kappa shape index (κ1) is 53.8. The highest BCUT2D eigenvalue weighted by molar-refractivity contribution is 6.24. The van der Waals surface area contributed by atoms with E-state index in [2.05, 4.69) is 309 Å². The van der Waals surface area contributed by atoms with Crippen molar-refractivity contribution in [3.05, 3.63) is 315 Å². The molecule has 0 radical (unpaired) electrons. The molecule has 0 unspecified atom stereocenters. The van der Waals surface area contributed by atoms with Crippen molar-refractivity contribution in [3.8, 4) is 0 Å². The highest BCUT2D eigenvalue weighted by atomic mass is 16.4. The van der Waals surface area contributed by atoms with Gasteiger partial charge in [0.1, 0.15) is 0 Å². The van der Waals surface area contributed by atoms with E-state index in [9.17, 15) is 9.90 Å². The van der Waals surface area contributed by atoms with Crippen molar-refractivity contribution in [2.24, 2.45) is 0 Å². The smallest absolute Gasteiger partial charge is 0.336 e. The lowest BCUT2D eigenvalue weighted by Crippen LogP contribution is -1.99. The van der Waals surface area contributed by atoms with E-state index < -0.39 is 5.97 Å². The van der Waals surface area contributed by atoms with E-state index in [-0.39, 0.29) is 0 Å². The molecule has 0 aliphatic carbocycles. The molecule has 0 fully saturated rings. The van der Waals surface area contributed by atoms with Gasteiger partial charge in [0, 0.05) is 0 Å². The van der Waals surface area contributed by atoms with Crippen molar-refractivity contribution >= 4 is 254 Å². The van der Waals surface area contributed by atoms with Crippen LogP contribution >= 0.6 is 0 Å². The van der Waals surface area contributed by atoms with Crippen LogP contribution in [0, 0.1) is 0 Å². The maximum absolute atomic E-state index is 13.7. The first-order valence-corrected chi connectivity index (χ1v) is 34.9. The summed E-state index contributed by atoms with van der Waals surface area (Å²) in [5.41, 5.74) is 0.333. The second kappa shape index (κ2) is 19.3. The number of hydrogen-bond acceptors (Lipinski definition) is 1. The molecule has 101 heavy (non-hydrogen) atoms. The molecule has 0 saturated carbocycles. The topological polar surface area (TPSA) is 37.3 Å². The lowest BCUT2D eigenvalue weighted by molar-refractivity contribution is 0.0701. The predicted molar refractivity (Wildman–Crippen MR) is 436 cm³/mol. The molecular formula is C99H52O2. The minimum atomic E-state index is -0.929. The molecule has 0 spiro atoms. The van der Waals surface area contributed by atoms with Crippen molar-refractivity contribution in [3.63, 3.8) is 0 Å². The molecule has 0 amide bonds. The summed E-state index contributed by atoms with van der Waals surface area (Å²) < 4.78 is 0. The number of rotatable bonds is 1. The molecule has 0 saturated heterocycles. The van der Waals surface area contributed by atoms with Crippen LogP contribution in [0.5, 0.6) is 0 Å². The van der Waals surface area contributed by atoms with Crippen LogP contribution in [-0.2, 0) is 0 Å². The van der Waals surface area contributed by atoms with Crippen LogP contribution in [0.25, 0.3) is 248 Å². The molecule has 0 heterocycles. The van der Waals surface area contributed by atoms with E-state index in [1.807, 2.05) is 0 Å². The number of carboxylic acid groups (broad SMARTS) is 1. The minimum absolute atomic E-state index is 0.333. The Morgan fingerprint density at radius 2 is 0.238 bits per heavy atom. The maximum atomic E-state index is 13.7. The third kappa shape index (κ3) is 8.13. The Balaban J connectivity index is 0.574. The number of fused-ring (bicyclic) bond motifs is 23. The van der Waals surface area contributed by atoms with Crippen LogP contribution in [-0.4, -0.2) is 11.1 Å². The molecule has 24 aromatic rings. The van der Waals surface area contributed by atoms with Crippen molar-refractivity contribution in [1.29, 1.82) is 0 Å². The minimum Gasteiger partial charge on any atom is -0.478 e. The monoisotopic (exact) mass is 1270 g/mol. The Morgan fingerprint density at radius 3 is 0.366 bits per heavy atom. The zero-order valence-electron chi connectivity index (χ0n) is 54.3. The summed E-state index contributed by atoms with van der Waals surface area (Å²) in [6.07, 6.45) is 0. The molecule has 0 atom stereocenters. The van der Waals surface area contributed by atoms with E-state index in [1.54, 1.807) is 0 Å². The molecule has 0 aliphatic rings. The summed E-state index contributed by atoms with van der Waals surface area (Å²) in [4.78, 5) is 13.7. The second-order valence-electron chi connectivity index (χ2n) is 29.2. The Bertz CT molecular complexity index is 8160. The zero-order chi connectivity index (χ0) is 65.8. The number of carboxylic acids is 1. The number of carbonyl (C=O) groups is 1. The van der Waals surface area contributed by atoms with Gasteiger partial charge >= 0.3 is 5.97 Å². The van der Waals surface area contributed by atoms with Gasteiger partial charge in [-0.2, -0.15) is 0 Å². The first-order chi connectivity index (χ1) is 49.6. The zero-order valence-corrected chi connectivity index (χ0v) is 54.3. The summed E-state index contributed by atoms with van der Waals surface area (Å²) in [6.45, 7) is 0. The standard InChI is InChI=1S/C99H52O2/c100-99(101)98-96-50-92-45-88-41-84-37-80-33-71-24-67-20-63-16-59-12-55-8-4-3-7-54(55)11-58(59)15-62(63)19-66(67)23-70(71)27-78(80)35-82(84)39-86(88)43-90(92)47-94(96)49-95-48-91-44-87-40-83-36-79-32-76-30-74-28-72-25-68-21-64-17-60-13-56-9-52-5-1-2-6-53(52)10-57(56)14-61(60)18-65(64)22-69(68)26-73(72)29-75(74)31-77(76)34-81(79)38-85(83)42-89(87)46-93(91)51-97(95)98/h1-51H,(H,100,101). The molecule has 0 aliphatic heterocycles. The molecule has 24 rings (SSSR count). The number of hydrogen-bond donors (Lipinski definition) is 1. The summed E-state index contributed by atoms with van der Waals surface area (Å²) in [6, 6.07) is 117. The lowest BCUT2D eigenvalue weighted by Gasteiger charge is -2.13. The van der Waals surface area contributed by atoms with Crippen LogP contribution in [0.2, 0.25) is 0 Å². The largest absolute Gasteiger partial charge is 0.478 e. The van der Waals surface area contributed by atoms with Crippen molar-refractivity contribution in [1.82, 2.24) is 0 Å². The molecule has 24 aromatic carbocycles. The molecule has 2 nitrogen and oxygen atoms in total. The van der Waals surface area contributed by atoms with Gasteiger partial charge in [0.2, 0.25) is 0 Å². The summed E-state index contributed by atoms with van der Waals surface area (Å²) in [5.74, 6) is -0.929. The van der Waals surface area contributed by atoms with E-state index >= 15 is 0 Å². The Hall–Kier alpha value is -13.3. The highest BCUT2D eigenvalue weighted by Gasteiger charge is 2.19. The van der Waals surface area contributed by atoms with E-state index in [4.69, 9.17) is 0 Å². The Kier molecular flexibility index (Phi) is 10.3. The third-order valence-corrected chi connectivity index (χ3v) is 23.1. The SMILES string of the molecule is O=C(O)c1c2cc3cc4cc5cc6cc7cc8cc9cc%10cc%11ccccc%11cc%10cc9cc8cc7cc6cc5cc4cc3cc2cc2cc3cc4cc5cc6cc7cc8cc9cc%10cc%11cc%12cc%13cc%14ccccc%14cc%13cc%12cc%11cc%10cc9cc8cc7cc6cc5cc4cc3cc12. The number of aromatic carboxylic acids is 1. The molecule has 460 valence electrons. The molecule has 0 aromatic heterocycles. The average molecular weight is 1270 g/mol. The Labute approximate surface area is 574 Å². The second-order valence-corrected chi connectivity index (χ2v) is 29.2. The van der Waals surface area contributed by atoms with Gasteiger partial charge in [0.05, 0.1) is 5.56 Å². The predicted octanol–water partition coefficient (Wildman–Crippen LogP) is 27.9. The van der Waals surface area contributed by atoms with Gasteiger partial charge in [-0.25, -0.2) is 4.79 Å². The van der Waals surface area contributed by atoms with E-state index in [1.165, 1.54) is 183 Å². The van der Waals surface area contributed by atoms with Crippen molar-refractivity contribution in [2.75, 3.05) is 0 Å². The van der Waals surface area contributed by atoms with Crippen LogP contribution < -0.4 is 0 Å². The summed E-state index contributed by atoms with van der Waals surface area (Å²) >= 11 is 0. The third-order valence-electron chi connectivity index (χ3n) is 23.1. The normalized spacial score (nSPS) is 12.6. The van der Waals surface area contributed by atoms with Crippen LogP contribution in [0.15, 0.2) is 309 Å².